The zero-order valence-corrected chi connectivity index (χ0v) is 11.6. The monoisotopic (exact) mass is 324 g/mol. The lowest BCUT2D eigenvalue weighted by atomic mass is 10.2. The summed E-state index contributed by atoms with van der Waals surface area (Å²) in [6.07, 6.45) is 0. The van der Waals surface area contributed by atoms with Crippen molar-refractivity contribution in [3.63, 3.8) is 0 Å². The molecule has 2 rings (SSSR count). The van der Waals surface area contributed by atoms with Crippen LogP contribution < -0.4 is 0 Å². The number of hydrogen-bond donors (Lipinski definition) is 1. The van der Waals surface area contributed by atoms with Gasteiger partial charge in [-0.1, -0.05) is 29.8 Å². The predicted molar refractivity (Wildman–Crippen MR) is 78.2 cm³/mol. The van der Waals surface area contributed by atoms with Crippen LogP contribution in [-0.2, 0) is 0 Å². The molecule has 0 aliphatic heterocycles. The molecular weight excluding hydrogens is 316 g/mol. The predicted octanol–water partition coefficient (Wildman–Crippen LogP) is 3.54. The number of rotatable bonds is 3. The van der Waals surface area contributed by atoms with Gasteiger partial charge >= 0.3 is 5.97 Å². The van der Waals surface area contributed by atoms with Crippen LogP contribution in [0.3, 0.4) is 0 Å². The first-order valence-electron chi connectivity index (χ1n) is 5.69. The van der Waals surface area contributed by atoms with Gasteiger partial charge in [0.2, 0.25) is 0 Å². The van der Waals surface area contributed by atoms with Crippen LogP contribution in [0.25, 0.3) is 0 Å². The van der Waals surface area contributed by atoms with Crippen LogP contribution in [0, 0.1) is 20.2 Å². The Morgan fingerprint density at radius 3 is 2.00 bits per heavy atom. The SMILES string of the molecule is O=C(O)c1ccccc1.O=[N+]([O-])c1ccc(Cl)c([N+](=O)[O-])c1. The fraction of sp³-hybridized carbons (Fsp3) is 0. The Hall–Kier alpha value is -3.00. The van der Waals surface area contributed by atoms with E-state index < -0.39 is 21.5 Å². The van der Waals surface area contributed by atoms with Gasteiger partial charge in [-0.2, -0.15) is 0 Å². The maximum Gasteiger partial charge on any atom is 0.335 e. The summed E-state index contributed by atoms with van der Waals surface area (Å²) >= 11 is 5.43. The average molecular weight is 325 g/mol. The summed E-state index contributed by atoms with van der Waals surface area (Å²) in [6.45, 7) is 0. The Morgan fingerprint density at radius 2 is 1.59 bits per heavy atom. The van der Waals surface area contributed by atoms with Gasteiger partial charge in [0.1, 0.15) is 5.02 Å². The van der Waals surface area contributed by atoms with Crippen molar-refractivity contribution in [2.75, 3.05) is 0 Å². The second kappa shape index (κ2) is 7.70. The molecule has 2 aromatic carbocycles. The number of nitro benzene ring substituents is 2. The van der Waals surface area contributed by atoms with E-state index >= 15 is 0 Å². The first-order chi connectivity index (χ1) is 10.3. The number of carboxylic acid groups (broad SMARTS) is 1. The van der Waals surface area contributed by atoms with Crippen LogP contribution in [0.15, 0.2) is 48.5 Å². The van der Waals surface area contributed by atoms with E-state index in [0.29, 0.717) is 5.56 Å². The highest BCUT2D eigenvalue weighted by Gasteiger charge is 2.17. The van der Waals surface area contributed by atoms with Crippen molar-refractivity contribution in [1.82, 2.24) is 0 Å². The lowest BCUT2D eigenvalue weighted by Gasteiger charge is -1.94. The molecule has 22 heavy (non-hydrogen) atoms. The van der Waals surface area contributed by atoms with E-state index in [1.807, 2.05) is 0 Å². The van der Waals surface area contributed by atoms with Gasteiger partial charge < -0.3 is 5.11 Å². The van der Waals surface area contributed by atoms with E-state index in [0.717, 1.165) is 18.2 Å². The molecule has 114 valence electrons. The zero-order chi connectivity index (χ0) is 16.7. The highest BCUT2D eigenvalue weighted by atomic mass is 35.5. The summed E-state index contributed by atoms with van der Waals surface area (Å²) < 4.78 is 0. The molecule has 0 amide bonds. The molecule has 0 bridgehead atoms. The Morgan fingerprint density at radius 1 is 1.00 bits per heavy atom. The third-order valence-electron chi connectivity index (χ3n) is 2.36. The van der Waals surface area contributed by atoms with Crippen molar-refractivity contribution in [2.24, 2.45) is 0 Å². The van der Waals surface area contributed by atoms with Crippen LogP contribution in [0.4, 0.5) is 11.4 Å². The number of benzene rings is 2. The molecule has 0 atom stereocenters. The molecule has 0 saturated heterocycles. The smallest absolute Gasteiger partial charge is 0.335 e. The second-order valence-electron chi connectivity index (χ2n) is 3.82. The standard InChI is InChI=1S/C7H6O2.C6H3ClN2O4/c8-7(9)6-4-2-1-3-5-6;7-5-2-1-4(8(10)11)3-6(5)9(12)13/h1-5H,(H,8,9);1-3H. The Bertz CT molecular complexity index is 705. The maximum atomic E-state index is 10.3. The second-order valence-corrected chi connectivity index (χ2v) is 4.23. The molecule has 0 fully saturated rings. The molecule has 1 N–H and O–H groups in total. The van der Waals surface area contributed by atoms with Crippen molar-refractivity contribution in [3.8, 4) is 0 Å². The van der Waals surface area contributed by atoms with E-state index in [2.05, 4.69) is 0 Å². The number of halogens is 1. The summed E-state index contributed by atoms with van der Waals surface area (Å²) in [7, 11) is 0. The molecule has 0 heterocycles. The number of non-ortho nitro benzene ring substituents is 1. The summed E-state index contributed by atoms with van der Waals surface area (Å²) in [6, 6.07) is 11.3. The lowest BCUT2D eigenvalue weighted by molar-refractivity contribution is -0.394. The number of aromatic carboxylic acids is 1. The number of carboxylic acids is 1. The first kappa shape index (κ1) is 17.1. The van der Waals surface area contributed by atoms with Crippen molar-refractivity contribution >= 4 is 28.9 Å². The van der Waals surface area contributed by atoms with Gasteiger partial charge in [-0.15, -0.1) is 0 Å². The van der Waals surface area contributed by atoms with Crippen LogP contribution >= 0.6 is 11.6 Å². The normalized spacial score (nSPS) is 9.32. The Labute approximate surface area is 128 Å². The minimum absolute atomic E-state index is 0.115. The summed E-state index contributed by atoms with van der Waals surface area (Å²) in [5, 5.41) is 28.8. The molecule has 0 radical (unpaired) electrons. The fourth-order valence-corrected chi connectivity index (χ4v) is 1.52. The molecule has 0 aliphatic carbocycles. The van der Waals surface area contributed by atoms with E-state index in [1.165, 1.54) is 0 Å². The van der Waals surface area contributed by atoms with Gasteiger partial charge in [-0.25, -0.2) is 4.79 Å². The molecule has 0 unspecified atom stereocenters. The van der Waals surface area contributed by atoms with Crippen molar-refractivity contribution in [3.05, 3.63) is 79.3 Å². The van der Waals surface area contributed by atoms with Gasteiger partial charge in [0.25, 0.3) is 11.4 Å². The highest BCUT2D eigenvalue weighted by Crippen LogP contribution is 2.28. The number of nitrogens with zero attached hydrogens (tertiary/aromatic N) is 2. The molecule has 0 aromatic heterocycles. The van der Waals surface area contributed by atoms with Crippen molar-refractivity contribution in [1.29, 1.82) is 0 Å². The molecule has 9 heteroatoms. The van der Waals surface area contributed by atoms with Gasteiger partial charge in [-0.3, -0.25) is 20.2 Å². The topological polar surface area (TPSA) is 124 Å². The molecule has 0 saturated carbocycles. The van der Waals surface area contributed by atoms with E-state index in [4.69, 9.17) is 16.7 Å². The zero-order valence-electron chi connectivity index (χ0n) is 10.9. The van der Waals surface area contributed by atoms with Crippen molar-refractivity contribution in [2.45, 2.75) is 0 Å². The molecule has 8 nitrogen and oxygen atoms in total. The van der Waals surface area contributed by atoms with Gasteiger partial charge in [0, 0.05) is 6.07 Å². The molecule has 2 aromatic rings. The Kier molecular flexibility index (Phi) is 5.96. The van der Waals surface area contributed by atoms with Crippen LogP contribution in [0.1, 0.15) is 10.4 Å². The minimum Gasteiger partial charge on any atom is -0.478 e. The molecule has 0 spiro atoms. The van der Waals surface area contributed by atoms with E-state index in [1.54, 1.807) is 30.3 Å². The Balaban J connectivity index is 0.000000235. The van der Waals surface area contributed by atoms with Gasteiger partial charge in [0.15, 0.2) is 0 Å². The largest absolute Gasteiger partial charge is 0.478 e. The maximum absolute atomic E-state index is 10.3. The molecular formula is C13H9ClN2O6. The summed E-state index contributed by atoms with van der Waals surface area (Å²) in [5.41, 5.74) is -0.482. The van der Waals surface area contributed by atoms with E-state index in [9.17, 15) is 25.0 Å². The summed E-state index contributed by atoms with van der Waals surface area (Å²) in [5.74, 6) is -0.879. The van der Waals surface area contributed by atoms with Gasteiger partial charge in [-0.05, 0) is 18.2 Å². The van der Waals surface area contributed by atoms with Crippen LogP contribution in [0.5, 0.6) is 0 Å². The highest BCUT2D eigenvalue weighted by molar-refractivity contribution is 6.32. The quantitative estimate of drug-likeness (QED) is 0.680. The number of nitro groups is 2. The average Bonchev–Trinajstić information content (AvgIpc) is 2.48. The first-order valence-corrected chi connectivity index (χ1v) is 6.07. The van der Waals surface area contributed by atoms with E-state index in [-0.39, 0.29) is 10.7 Å². The van der Waals surface area contributed by atoms with Crippen LogP contribution in [-0.4, -0.2) is 20.9 Å². The minimum atomic E-state index is -0.879. The van der Waals surface area contributed by atoms with Crippen LogP contribution in [0.2, 0.25) is 5.02 Å². The van der Waals surface area contributed by atoms with Gasteiger partial charge in [0.05, 0.1) is 21.5 Å². The number of hydrogen-bond acceptors (Lipinski definition) is 5. The lowest BCUT2D eigenvalue weighted by Crippen LogP contribution is -1.93. The third-order valence-corrected chi connectivity index (χ3v) is 2.68. The third kappa shape index (κ3) is 4.84. The summed E-state index contributed by atoms with van der Waals surface area (Å²) in [4.78, 5) is 29.2. The van der Waals surface area contributed by atoms with Crippen molar-refractivity contribution < 1.29 is 19.7 Å². The number of carbonyl (C=O) groups is 1. The fourth-order valence-electron chi connectivity index (χ4n) is 1.34. The molecule has 0 aliphatic rings.